The number of furan rings is 3. The van der Waals surface area contributed by atoms with Gasteiger partial charge in [-0.15, -0.1) is 0 Å². The van der Waals surface area contributed by atoms with Crippen LogP contribution in [0.3, 0.4) is 0 Å². The number of para-hydroxylation sites is 8. The molecule has 5 aromatic heterocycles. The first-order chi connectivity index (χ1) is 37.6. The van der Waals surface area contributed by atoms with Crippen LogP contribution in [-0.4, -0.2) is 19.5 Å². The molecule has 7 heteroatoms. The predicted molar refractivity (Wildman–Crippen MR) is 283 cm³/mol. The number of benzene rings is 10. The second kappa shape index (κ2) is 15.0. The summed E-state index contributed by atoms with van der Waals surface area (Å²) in [6, 6.07) is 54.4. The van der Waals surface area contributed by atoms with Crippen molar-refractivity contribution in [2.45, 2.75) is 0 Å². The lowest BCUT2D eigenvalue weighted by Gasteiger charge is -2.15. The van der Waals surface area contributed by atoms with Gasteiger partial charge in [0.15, 0.2) is 17.5 Å². The van der Waals surface area contributed by atoms with Crippen molar-refractivity contribution in [3.05, 3.63) is 218 Å². The number of hydrogen-bond donors (Lipinski definition) is 0. The van der Waals surface area contributed by atoms with E-state index in [9.17, 15) is 2.74 Å². The van der Waals surface area contributed by atoms with E-state index >= 15 is 0 Å². The Balaban J connectivity index is 0.929. The summed E-state index contributed by atoms with van der Waals surface area (Å²) in [6.07, 6.45) is 0. The van der Waals surface area contributed by atoms with E-state index in [1.54, 1.807) is 16.7 Å². The topological polar surface area (TPSA) is 83.0 Å². The van der Waals surface area contributed by atoms with E-state index in [2.05, 4.69) is 42.5 Å². The summed E-state index contributed by atoms with van der Waals surface area (Å²) in [4.78, 5) is 15.6. The van der Waals surface area contributed by atoms with Crippen molar-refractivity contribution >= 4 is 87.6 Å². The Morgan fingerprint density at radius 2 is 0.829 bits per heavy atom. The van der Waals surface area contributed by atoms with Crippen molar-refractivity contribution in [2.75, 3.05) is 0 Å². The zero-order valence-electron chi connectivity index (χ0n) is 43.8. The standard InChI is InChI=1S/C63H36N4O3/c1-6-28-52-42(17-1)43-18-2-7-29-53(43)67(52)54-30-8-3-21-49(54)62-64-61(65-63(66-62)50-27-14-25-47-45-20-5-10-32-56(45)69-60(47)50)39-16-11-15-37(35-39)40-22-13-26-48-51-36-38(33-34-57(51)70-59(40)48)41-23-12-24-46-44-19-4-9-31-55(44)68-58(41)46/h1-36H/i1D,2D,6D,17D,18D,28D,29D. The minimum Gasteiger partial charge on any atom is -0.455 e. The van der Waals surface area contributed by atoms with Gasteiger partial charge in [-0.25, -0.2) is 15.0 Å². The van der Waals surface area contributed by atoms with Crippen molar-refractivity contribution in [3.8, 4) is 62.1 Å². The molecule has 0 radical (unpaired) electrons. The Morgan fingerprint density at radius 1 is 0.329 bits per heavy atom. The Labute approximate surface area is 409 Å². The summed E-state index contributed by atoms with van der Waals surface area (Å²) < 4.78 is 83.9. The van der Waals surface area contributed by atoms with Crippen LogP contribution in [0.2, 0.25) is 0 Å². The van der Waals surface area contributed by atoms with E-state index in [1.165, 1.54) is 6.07 Å². The minimum absolute atomic E-state index is 0.0408. The third-order valence-corrected chi connectivity index (χ3v) is 13.4. The van der Waals surface area contributed by atoms with Crippen LogP contribution in [0, 0.1) is 0 Å². The smallest absolute Gasteiger partial charge is 0.167 e. The predicted octanol–water partition coefficient (Wildman–Crippen LogP) is 17.0. The fraction of sp³-hybridized carbons (Fsp3) is 0. The zero-order chi connectivity index (χ0) is 52.0. The highest BCUT2D eigenvalue weighted by molar-refractivity contribution is 6.14. The molecule has 7 nitrogen and oxygen atoms in total. The van der Waals surface area contributed by atoms with Crippen molar-refractivity contribution in [3.63, 3.8) is 0 Å². The third-order valence-electron chi connectivity index (χ3n) is 13.4. The highest BCUT2D eigenvalue weighted by Crippen LogP contribution is 2.43. The van der Waals surface area contributed by atoms with Crippen LogP contribution in [0.1, 0.15) is 9.60 Å². The molecule has 0 saturated carbocycles. The molecular formula is C63H36N4O3. The lowest BCUT2D eigenvalue weighted by atomic mass is 9.98. The molecule has 0 aliphatic carbocycles. The van der Waals surface area contributed by atoms with Crippen molar-refractivity contribution in [1.29, 1.82) is 0 Å². The van der Waals surface area contributed by atoms with E-state index < -0.39 is 12.1 Å². The van der Waals surface area contributed by atoms with Gasteiger partial charge in [0, 0.05) is 65.3 Å². The van der Waals surface area contributed by atoms with Crippen LogP contribution in [0.15, 0.2) is 231 Å². The molecule has 0 aliphatic rings. The monoisotopic (exact) mass is 903 g/mol. The average Bonchev–Trinajstić information content (AvgIpc) is 4.25. The van der Waals surface area contributed by atoms with E-state index in [1.807, 2.05) is 115 Å². The van der Waals surface area contributed by atoms with E-state index in [-0.39, 0.29) is 57.8 Å². The van der Waals surface area contributed by atoms with Gasteiger partial charge < -0.3 is 17.8 Å². The van der Waals surface area contributed by atoms with E-state index in [0.29, 0.717) is 50.8 Å². The molecular weight excluding hydrogens is 861 g/mol. The van der Waals surface area contributed by atoms with E-state index in [0.717, 1.165) is 71.3 Å². The van der Waals surface area contributed by atoms with Gasteiger partial charge >= 0.3 is 0 Å². The molecule has 326 valence electrons. The van der Waals surface area contributed by atoms with Gasteiger partial charge in [0.05, 0.1) is 31.9 Å². The quantitative estimate of drug-likeness (QED) is 0.165. The molecule has 0 fully saturated rings. The first-order valence-corrected chi connectivity index (χ1v) is 22.8. The van der Waals surface area contributed by atoms with Crippen molar-refractivity contribution in [1.82, 2.24) is 19.5 Å². The Hall–Kier alpha value is -9.59. The van der Waals surface area contributed by atoms with Gasteiger partial charge in [0.2, 0.25) is 0 Å². The Bertz CT molecular complexity index is 5060. The molecule has 0 unspecified atom stereocenters. The zero-order valence-corrected chi connectivity index (χ0v) is 36.8. The molecule has 0 N–H and O–H groups in total. The summed E-state index contributed by atoms with van der Waals surface area (Å²) in [5.41, 5.74) is 10.4. The lowest BCUT2D eigenvalue weighted by molar-refractivity contribution is 0.669. The number of fused-ring (bicyclic) bond motifs is 12. The number of rotatable bonds is 6. The normalized spacial score (nSPS) is 13.4. The van der Waals surface area contributed by atoms with Crippen LogP contribution in [0.5, 0.6) is 0 Å². The first-order valence-electron chi connectivity index (χ1n) is 26.3. The van der Waals surface area contributed by atoms with Crippen LogP contribution < -0.4 is 0 Å². The highest BCUT2D eigenvalue weighted by Gasteiger charge is 2.22. The van der Waals surface area contributed by atoms with E-state index in [4.69, 9.17) is 35.1 Å². The Kier molecular flexibility index (Phi) is 6.87. The van der Waals surface area contributed by atoms with Gasteiger partial charge in [0.1, 0.15) is 33.5 Å². The summed E-state index contributed by atoms with van der Waals surface area (Å²) in [5.74, 6) is 0.854. The van der Waals surface area contributed by atoms with Crippen LogP contribution in [0.25, 0.3) is 150 Å². The van der Waals surface area contributed by atoms with Crippen LogP contribution in [0.4, 0.5) is 0 Å². The van der Waals surface area contributed by atoms with Gasteiger partial charge in [0.25, 0.3) is 0 Å². The number of aromatic nitrogens is 4. The first kappa shape index (κ1) is 32.2. The second-order valence-electron chi connectivity index (χ2n) is 17.3. The average molecular weight is 904 g/mol. The molecule has 0 atom stereocenters. The molecule has 5 heterocycles. The maximum Gasteiger partial charge on any atom is 0.167 e. The Morgan fingerprint density at radius 3 is 1.57 bits per heavy atom. The summed E-state index contributed by atoms with van der Waals surface area (Å²) in [6.45, 7) is 0. The SMILES string of the molecule is [2H]c1cc([2H])c2c(c1[2H])c1c([2H])c([2H])c([2H])c([2H])c1n2-c1ccccc1-c1nc(-c2cccc(-c3cccc4c3oc3ccc(-c5cccc6c5oc5ccccc56)cc34)c2)nc(-c2cccc3c2oc2ccccc23)n1. The maximum absolute atomic E-state index is 9.25. The van der Waals surface area contributed by atoms with Gasteiger partial charge in [-0.3, -0.25) is 0 Å². The lowest BCUT2D eigenvalue weighted by Crippen LogP contribution is -2.03. The number of nitrogens with zero attached hydrogens (tertiary/aromatic N) is 4. The molecule has 0 spiro atoms. The van der Waals surface area contributed by atoms with Gasteiger partial charge in [-0.05, 0) is 71.7 Å². The van der Waals surface area contributed by atoms with Gasteiger partial charge in [-0.2, -0.15) is 0 Å². The minimum atomic E-state index is -0.483. The number of hydrogen-bond acceptors (Lipinski definition) is 6. The van der Waals surface area contributed by atoms with Crippen molar-refractivity contribution < 1.29 is 22.8 Å². The third kappa shape index (κ3) is 5.79. The molecule has 0 aliphatic heterocycles. The second-order valence-corrected chi connectivity index (χ2v) is 17.3. The molecule has 15 rings (SSSR count). The molecule has 10 aromatic carbocycles. The largest absolute Gasteiger partial charge is 0.455 e. The molecule has 0 bridgehead atoms. The van der Waals surface area contributed by atoms with Crippen molar-refractivity contribution in [2.24, 2.45) is 0 Å². The fourth-order valence-corrected chi connectivity index (χ4v) is 10.2. The van der Waals surface area contributed by atoms with Crippen LogP contribution >= 0.6 is 0 Å². The maximum atomic E-state index is 9.25. The molecule has 0 amide bonds. The summed E-state index contributed by atoms with van der Waals surface area (Å²) in [7, 11) is 0. The summed E-state index contributed by atoms with van der Waals surface area (Å²) in [5, 5.41) is 5.97. The highest BCUT2D eigenvalue weighted by atomic mass is 16.3. The fourth-order valence-electron chi connectivity index (χ4n) is 10.2. The van der Waals surface area contributed by atoms with Gasteiger partial charge in [-0.1, -0.05) is 158 Å². The molecule has 70 heavy (non-hydrogen) atoms. The molecule has 15 aromatic rings. The summed E-state index contributed by atoms with van der Waals surface area (Å²) >= 11 is 0. The van der Waals surface area contributed by atoms with Crippen LogP contribution in [-0.2, 0) is 0 Å². The molecule has 0 saturated heterocycles.